The fraction of sp³-hybridized carbons (Fsp3) is 0.176. The number of nitrogens with one attached hydrogen (secondary N) is 1. The van der Waals surface area contributed by atoms with Crippen LogP contribution >= 0.6 is 34.7 Å². The maximum absolute atomic E-state index is 12.5. The molecule has 2 aromatic carbocycles. The topological polar surface area (TPSA) is 68.0 Å². The van der Waals surface area contributed by atoms with E-state index in [0.717, 1.165) is 25.9 Å². The van der Waals surface area contributed by atoms with Gasteiger partial charge in [-0.25, -0.2) is 4.98 Å². The van der Waals surface area contributed by atoms with E-state index in [1.54, 1.807) is 35.6 Å². The maximum atomic E-state index is 12.5. The van der Waals surface area contributed by atoms with Gasteiger partial charge in [0.25, 0.3) is 0 Å². The van der Waals surface area contributed by atoms with Crippen LogP contribution in [0.4, 0.5) is 11.4 Å². The van der Waals surface area contributed by atoms with Crippen LogP contribution in [-0.2, 0) is 4.79 Å². The van der Waals surface area contributed by atoms with Crippen LogP contribution < -0.4 is 11.1 Å². The Kier molecular flexibility index (Phi) is 5.28. The van der Waals surface area contributed by atoms with Crippen LogP contribution in [0.1, 0.15) is 13.3 Å². The first-order valence-corrected chi connectivity index (χ1v) is 9.51. The minimum atomic E-state index is -0.210. The summed E-state index contributed by atoms with van der Waals surface area (Å²) in [7, 11) is 0. The van der Waals surface area contributed by atoms with Crippen LogP contribution in [-0.4, -0.2) is 16.1 Å². The smallest absolute Gasteiger partial charge is 0.237 e. The number of hydrogen-bond donors (Lipinski definition) is 2. The molecule has 0 spiro atoms. The van der Waals surface area contributed by atoms with Crippen molar-refractivity contribution in [1.82, 2.24) is 4.98 Å². The van der Waals surface area contributed by atoms with Gasteiger partial charge in [-0.2, -0.15) is 0 Å². The number of nitrogen functional groups attached to an aromatic ring is 1. The number of hydrogen-bond acceptors (Lipinski definition) is 5. The summed E-state index contributed by atoms with van der Waals surface area (Å²) in [5.74, 6) is -0.0383. The fourth-order valence-electron chi connectivity index (χ4n) is 2.17. The molecule has 0 radical (unpaired) electrons. The van der Waals surface area contributed by atoms with Crippen LogP contribution in [0.25, 0.3) is 10.2 Å². The van der Waals surface area contributed by atoms with E-state index in [0.29, 0.717) is 11.4 Å². The van der Waals surface area contributed by atoms with Crippen LogP contribution in [0.3, 0.4) is 0 Å². The molecular formula is C17H16ClN3OS2. The molecule has 0 aliphatic heterocycles. The summed E-state index contributed by atoms with van der Waals surface area (Å²) in [6, 6.07) is 12.7. The van der Waals surface area contributed by atoms with Gasteiger partial charge in [0.05, 0.1) is 15.5 Å². The Balaban J connectivity index is 1.72. The highest BCUT2D eigenvalue weighted by Gasteiger charge is 2.20. The summed E-state index contributed by atoms with van der Waals surface area (Å²) in [5, 5.41) is 3.35. The Morgan fingerprint density at radius 3 is 2.79 bits per heavy atom. The molecule has 1 aromatic heterocycles. The number of amides is 1. The minimum Gasteiger partial charge on any atom is -0.399 e. The van der Waals surface area contributed by atoms with E-state index in [1.165, 1.54) is 11.8 Å². The number of fused-ring (bicyclic) bond motifs is 1. The van der Waals surface area contributed by atoms with Crippen molar-refractivity contribution in [3.05, 3.63) is 47.5 Å². The lowest BCUT2D eigenvalue weighted by molar-refractivity contribution is -0.115. The third-order valence-electron chi connectivity index (χ3n) is 3.41. The number of benzene rings is 2. The van der Waals surface area contributed by atoms with E-state index in [1.807, 2.05) is 25.1 Å². The van der Waals surface area contributed by atoms with Gasteiger partial charge in [-0.15, -0.1) is 11.3 Å². The van der Waals surface area contributed by atoms with E-state index >= 15 is 0 Å². The van der Waals surface area contributed by atoms with Gasteiger partial charge in [-0.1, -0.05) is 30.3 Å². The molecule has 1 heterocycles. The standard InChI is InChI=1S/C17H16ClN3OS2/c1-2-14(16(22)20-12-6-3-10(18)4-7-12)23-17-21-13-8-5-11(19)9-15(13)24-17/h3-9,14H,2,19H2,1H3,(H,20,22)/t14-/m1/s1. The van der Waals surface area contributed by atoms with Gasteiger partial charge in [0.1, 0.15) is 0 Å². The minimum absolute atomic E-state index is 0.0383. The molecule has 3 aromatic rings. The van der Waals surface area contributed by atoms with Gasteiger partial charge in [0.15, 0.2) is 4.34 Å². The molecule has 4 nitrogen and oxygen atoms in total. The molecule has 3 rings (SSSR count). The van der Waals surface area contributed by atoms with Gasteiger partial charge in [0.2, 0.25) is 5.91 Å². The number of nitrogens with zero attached hydrogens (tertiary/aromatic N) is 1. The highest BCUT2D eigenvalue weighted by Crippen LogP contribution is 2.34. The quantitative estimate of drug-likeness (QED) is 0.482. The number of nitrogens with two attached hydrogens (primary N) is 1. The van der Waals surface area contributed by atoms with Crippen molar-refractivity contribution in [2.75, 3.05) is 11.1 Å². The molecule has 7 heteroatoms. The molecule has 3 N–H and O–H groups in total. The van der Waals surface area contributed by atoms with Crippen molar-refractivity contribution in [2.24, 2.45) is 0 Å². The highest BCUT2D eigenvalue weighted by molar-refractivity contribution is 8.02. The third-order valence-corrected chi connectivity index (χ3v) is 6.14. The van der Waals surface area contributed by atoms with Gasteiger partial charge in [-0.05, 0) is 48.9 Å². The highest BCUT2D eigenvalue weighted by atomic mass is 35.5. The monoisotopic (exact) mass is 377 g/mol. The number of aromatic nitrogens is 1. The molecule has 1 amide bonds. The summed E-state index contributed by atoms with van der Waals surface area (Å²) in [4.78, 5) is 17.1. The Morgan fingerprint density at radius 2 is 2.08 bits per heavy atom. The zero-order valence-corrected chi connectivity index (χ0v) is 15.3. The SMILES string of the molecule is CC[C@@H](Sc1nc2ccc(N)cc2s1)C(=O)Nc1ccc(Cl)cc1. The lowest BCUT2D eigenvalue weighted by Crippen LogP contribution is -2.24. The first-order valence-electron chi connectivity index (χ1n) is 7.44. The zero-order chi connectivity index (χ0) is 17.1. The molecule has 24 heavy (non-hydrogen) atoms. The van der Waals surface area contributed by atoms with Crippen molar-refractivity contribution in [3.63, 3.8) is 0 Å². The second kappa shape index (κ2) is 7.42. The predicted molar refractivity (Wildman–Crippen MR) is 104 cm³/mol. The second-order valence-corrected chi connectivity index (χ2v) is 8.13. The summed E-state index contributed by atoms with van der Waals surface area (Å²) >= 11 is 8.90. The molecular weight excluding hydrogens is 362 g/mol. The van der Waals surface area contributed by atoms with Crippen molar-refractivity contribution in [3.8, 4) is 0 Å². The Labute approximate surface area is 153 Å². The van der Waals surface area contributed by atoms with Crippen LogP contribution in [0.15, 0.2) is 46.8 Å². The van der Waals surface area contributed by atoms with E-state index in [4.69, 9.17) is 17.3 Å². The van der Waals surface area contributed by atoms with E-state index in [2.05, 4.69) is 10.3 Å². The van der Waals surface area contributed by atoms with Crippen molar-refractivity contribution in [1.29, 1.82) is 0 Å². The Bertz CT molecular complexity index is 864. The van der Waals surface area contributed by atoms with Gasteiger partial charge >= 0.3 is 0 Å². The third kappa shape index (κ3) is 4.01. The van der Waals surface area contributed by atoms with Crippen LogP contribution in [0, 0.1) is 0 Å². The number of anilines is 2. The van der Waals surface area contributed by atoms with Gasteiger partial charge < -0.3 is 11.1 Å². The van der Waals surface area contributed by atoms with Gasteiger partial charge in [0, 0.05) is 16.4 Å². The van der Waals surface area contributed by atoms with Gasteiger partial charge in [-0.3, -0.25) is 4.79 Å². The number of halogens is 1. The van der Waals surface area contributed by atoms with Crippen molar-refractivity contribution < 1.29 is 4.79 Å². The lowest BCUT2D eigenvalue weighted by Gasteiger charge is -2.13. The number of carbonyl (C=O) groups excluding carboxylic acids is 1. The molecule has 0 aliphatic rings. The van der Waals surface area contributed by atoms with Crippen LogP contribution in [0.2, 0.25) is 5.02 Å². The summed E-state index contributed by atoms with van der Waals surface area (Å²) < 4.78 is 1.90. The number of carbonyl (C=O) groups is 1. The first-order chi connectivity index (χ1) is 11.5. The number of thiazole rings is 1. The predicted octanol–water partition coefficient (Wildman–Crippen LogP) is 5.04. The van der Waals surface area contributed by atoms with E-state index in [9.17, 15) is 4.79 Å². The van der Waals surface area contributed by atoms with Crippen LogP contribution in [0.5, 0.6) is 0 Å². The normalized spacial score (nSPS) is 12.2. The fourth-order valence-corrected chi connectivity index (χ4v) is 4.58. The molecule has 0 saturated carbocycles. The molecule has 0 bridgehead atoms. The molecule has 124 valence electrons. The Morgan fingerprint density at radius 1 is 1.33 bits per heavy atom. The van der Waals surface area contributed by atoms with E-state index in [-0.39, 0.29) is 11.2 Å². The summed E-state index contributed by atoms with van der Waals surface area (Å²) in [6.45, 7) is 1.99. The molecule has 0 unspecified atom stereocenters. The number of thioether (sulfide) groups is 1. The summed E-state index contributed by atoms with van der Waals surface area (Å²) in [6.07, 6.45) is 0.710. The summed E-state index contributed by atoms with van der Waals surface area (Å²) in [5.41, 5.74) is 8.17. The largest absolute Gasteiger partial charge is 0.399 e. The second-order valence-electron chi connectivity index (χ2n) is 5.22. The zero-order valence-electron chi connectivity index (χ0n) is 13.0. The molecule has 1 atom stereocenters. The van der Waals surface area contributed by atoms with Crippen molar-refractivity contribution in [2.45, 2.75) is 22.9 Å². The molecule has 0 aliphatic carbocycles. The molecule has 0 fully saturated rings. The average molecular weight is 378 g/mol. The first kappa shape index (κ1) is 17.1. The number of rotatable bonds is 5. The van der Waals surface area contributed by atoms with E-state index < -0.39 is 0 Å². The maximum Gasteiger partial charge on any atom is 0.237 e. The Hall–Kier alpha value is -1.76. The van der Waals surface area contributed by atoms with Crippen molar-refractivity contribution >= 4 is 62.2 Å². The average Bonchev–Trinajstić information content (AvgIpc) is 2.96. The lowest BCUT2D eigenvalue weighted by atomic mass is 10.3. The molecule has 0 saturated heterocycles.